The van der Waals surface area contributed by atoms with Crippen molar-refractivity contribution in [2.75, 3.05) is 0 Å². The molecule has 0 unspecified atom stereocenters. The summed E-state index contributed by atoms with van der Waals surface area (Å²) < 4.78 is 13.8. The predicted molar refractivity (Wildman–Crippen MR) is 128 cm³/mol. The summed E-state index contributed by atoms with van der Waals surface area (Å²) in [6.07, 6.45) is 3.47. The Balaban J connectivity index is 0.000000210. The third kappa shape index (κ3) is 4.73. The van der Waals surface area contributed by atoms with Gasteiger partial charge in [0.25, 0.3) is 0 Å². The minimum absolute atomic E-state index is 0.00453. The lowest BCUT2D eigenvalue weighted by atomic mass is 9.80. The molecule has 3 aromatic carbocycles. The Kier molecular flexibility index (Phi) is 6.81. The fraction of sp³-hybridized carbons (Fsp3) is 0.115. The van der Waals surface area contributed by atoms with E-state index in [0.717, 1.165) is 41.3 Å². The summed E-state index contributed by atoms with van der Waals surface area (Å²) in [5.74, 6) is -0.409. The summed E-state index contributed by atoms with van der Waals surface area (Å²) in [5.41, 5.74) is 5.53. The first-order valence-electron chi connectivity index (χ1n) is 10.8. The van der Waals surface area contributed by atoms with Crippen molar-refractivity contribution < 1.29 is 28.8 Å². The normalized spacial score (nSPS) is 12.5. The highest BCUT2D eigenvalue weighted by atomic mass is 19.1. The van der Waals surface area contributed by atoms with Crippen molar-refractivity contribution in [2.24, 2.45) is 0 Å². The van der Waals surface area contributed by atoms with Crippen LogP contribution in [0.5, 0.6) is 0 Å². The van der Waals surface area contributed by atoms with E-state index in [1.54, 1.807) is 12.1 Å². The maximum absolute atomic E-state index is 13.8. The van der Waals surface area contributed by atoms with Gasteiger partial charge in [-0.3, -0.25) is 14.4 Å². The number of carbonyl (C=O) groups excluding carboxylic acids is 3. The van der Waals surface area contributed by atoms with Gasteiger partial charge in [-0.05, 0) is 41.6 Å². The van der Waals surface area contributed by atoms with Gasteiger partial charge in [-0.1, -0.05) is 48.5 Å². The van der Waals surface area contributed by atoms with Gasteiger partial charge in [0.2, 0.25) is 0 Å². The van der Waals surface area contributed by atoms with Crippen molar-refractivity contribution in [1.82, 2.24) is 4.98 Å². The van der Waals surface area contributed by atoms with Crippen molar-refractivity contribution in [1.29, 1.82) is 0 Å². The summed E-state index contributed by atoms with van der Waals surface area (Å²) in [4.78, 5) is 36.5. The number of hydrogen-bond acceptors (Lipinski definition) is 5. The molecule has 0 amide bonds. The monoisotopic (exact) mass is 457 g/mol. The average Bonchev–Trinajstić information content (AvgIpc) is 3.13. The van der Waals surface area contributed by atoms with Crippen LogP contribution in [-0.4, -0.2) is 40.5 Å². The highest BCUT2D eigenvalue weighted by molar-refractivity contribution is 6.58. The molecule has 0 atom stereocenters. The van der Waals surface area contributed by atoms with Crippen LogP contribution in [0.3, 0.4) is 0 Å². The molecule has 6 nitrogen and oxygen atoms in total. The van der Waals surface area contributed by atoms with Gasteiger partial charge in [0.1, 0.15) is 18.4 Å². The van der Waals surface area contributed by atoms with E-state index < -0.39 is 12.9 Å². The zero-order chi connectivity index (χ0) is 24.2. The molecule has 0 radical (unpaired) electrons. The van der Waals surface area contributed by atoms with Crippen molar-refractivity contribution in [3.63, 3.8) is 0 Å². The molecule has 0 saturated heterocycles. The molecular weight excluding hydrogens is 436 g/mol. The Morgan fingerprint density at radius 3 is 2.09 bits per heavy atom. The van der Waals surface area contributed by atoms with Gasteiger partial charge >= 0.3 is 7.12 Å². The van der Waals surface area contributed by atoms with E-state index in [-0.39, 0.29) is 5.78 Å². The summed E-state index contributed by atoms with van der Waals surface area (Å²) in [7, 11) is -1.46. The molecule has 34 heavy (non-hydrogen) atoms. The topological polar surface area (TPSA) is 107 Å². The van der Waals surface area contributed by atoms with E-state index in [1.165, 1.54) is 36.4 Å². The summed E-state index contributed by atoms with van der Waals surface area (Å²) in [6, 6.07) is 16.1. The van der Waals surface area contributed by atoms with Gasteiger partial charge in [0.05, 0.1) is 0 Å². The fourth-order valence-corrected chi connectivity index (χ4v) is 4.12. The Labute approximate surface area is 195 Å². The molecule has 1 heterocycles. The van der Waals surface area contributed by atoms with Crippen molar-refractivity contribution in [3.05, 3.63) is 88.7 Å². The van der Waals surface area contributed by atoms with Crippen molar-refractivity contribution in [2.45, 2.75) is 19.3 Å². The first-order chi connectivity index (χ1) is 16.4. The molecule has 0 saturated carbocycles. The molecule has 8 heteroatoms. The lowest BCUT2D eigenvalue weighted by molar-refractivity contribution is 0.0982. The first kappa shape index (κ1) is 23.3. The number of hydrogen-bond donors (Lipinski definition) is 3. The van der Waals surface area contributed by atoms with Crippen LogP contribution >= 0.6 is 0 Å². The molecule has 0 fully saturated rings. The van der Waals surface area contributed by atoms with E-state index in [9.17, 15) is 18.8 Å². The molecule has 3 N–H and O–H groups in total. The number of halogens is 1. The number of benzene rings is 3. The van der Waals surface area contributed by atoms with Gasteiger partial charge < -0.3 is 15.0 Å². The first-order valence-corrected chi connectivity index (χ1v) is 10.8. The zero-order valence-corrected chi connectivity index (χ0v) is 18.1. The number of aryl methyl sites for hydroxylation is 1. The number of Topliss-reactive ketones (excluding diaryl/α,β-unsaturated/α-hetero) is 1. The van der Waals surface area contributed by atoms with E-state index in [4.69, 9.17) is 10.0 Å². The van der Waals surface area contributed by atoms with Gasteiger partial charge in [0, 0.05) is 39.7 Å². The summed E-state index contributed by atoms with van der Waals surface area (Å²) in [6.45, 7) is 0. The van der Waals surface area contributed by atoms with Gasteiger partial charge in [-0.25, -0.2) is 4.39 Å². The van der Waals surface area contributed by atoms with Crippen LogP contribution in [0.2, 0.25) is 0 Å². The van der Waals surface area contributed by atoms with E-state index in [0.29, 0.717) is 40.4 Å². The van der Waals surface area contributed by atoms with E-state index in [1.807, 2.05) is 12.1 Å². The van der Waals surface area contributed by atoms with Crippen LogP contribution in [0, 0.1) is 5.82 Å². The van der Waals surface area contributed by atoms with Crippen LogP contribution in [0.4, 0.5) is 4.39 Å². The van der Waals surface area contributed by atoms with Crippen LogP contribution in [0.25, 0.3) is 22.2 Å². The van der Waals surface area contributed by atoms with Crippen LogP contribution in [0.1, 0.15) is 49.5 Å². The molecule has 1 aromatic heterocycles. The Morgan fingerprint density at radius 1 is 0.882 bits per heavy atom. The molecule has 1 aliphatic carbocycles. The van der Waals surface area contributed by atoms with Crippen LogP contribution in [-0.2, 0) is 6.42 Å². The third-order valence-electron chi connectivity index (χ3n) is 5.80. The molecule has 170 valence electrons. The maximum atomic E-state index is 13.8. The Bertz CT molecular complexity index is 1360. The second kappa shape index (κ2) is 9.95. The highest BCUT2D eigenvalue weighted by Gasteiger charge is 2.23. The lowest BCUT2D eigenvalue weighted by Crippen LogP contribution is -2.29. The second-order valence-electron chi connectivity index (χ2n) is 8.03. The summed E-state index contributed by atoms with van der Waals surface area (Å²) >= 11 is 0. The number of ketones is 1. The third-order valence-corrected chi connectivity index (χ3v) is 5.80. The summed E-state index contributed by atoms with van der Waals surface area (Å²) in [5, 5.41) is 18.1. The number of rotatable bonds is 4. The maximum Gasteiger partial charge on any atom is 0.488 e. The SMILES string of the molecule is O=Cc1ccc(-c2[nH]c3cc(F)cc4c3c2CCCC4=O)cc1.O=Cc1ccc(B(O)O)cc1. The predicted octanol–water partition coefficient (Wildman–Crippen LogP) is 3.48. The Hall–Kier alpha value is -3.88. The fourth-order valence-electron chi connectivity index (χ4n) is 4.12. The van der Waals surface area contributed by atoms with E-state index >= 15 is 0 Å². The van der Waals surface area contributed by atoms with Crippen molar-refractivity contribution >= 4 is 41.8 Å². The van der Waals surface area contributed by atoms with Gasteiger partial charge in [0.15, 0.2) is 5.78 Å². The Morgan fingerprint density at radius 2 is 1.50 bits per heavy atom. The smallest absolute Gasteiger partial charge is 0.423 e. The standard InChI is InChI=1S/C19H14FNO2.C7H7BO3/c20-13-8-15-17(23)3-1-2-14-18(15)16(9-13)21-19(14)12-6-4-11(10-22)5-7-12;9-5-6-1-3-7(4-2-6)8(10)11/h4-10,21H,1-3H2;1-5,10-11H. The molecule has 5 rings (SSSR count). The molecule has 0 spiro atoms. The number of carbonyl (C=O) groups is 3. The quantitative estimate of drug-likeness (QED) is 0.321. The molecule has 0 aliphatic heterocycles. The van der Waals surface area contributed by atoms with Crippen LogP contribution < -0.4 is 5.46 Å². The number of H-pyrrole nitrogens is 1. The molecule has 4 aromatic rings. The number of aromatic nitrogens is 1. The minimum atomic E-state index is -1.46. The highest BCUT2D eigenvalue weighted by Crippen LogP contribution is 2.36. The second-order valence-corrected chi connectivity index (χ2v) is 8.03. The minimum Gasteiger partial charge on any atom is -0.423 e. The van der Waals surface area contributed by atoms with Gasteiger partial charge in [-0.15, -0.1) is 0 Å². The number of aldehydes is 2. The van der Waals surface area contributed by atoms with Gasteiger partial charge in [-0.2, -0.15) is 0 Å². The largest absolute Gasteiger partial charge is 0.488 e. The zero-order valence-electron chi connectivity index (χ0n) is 18.1. The van der Waals surface area contributed by atoms with Crippen LogP contribution in [0.15, 0.2) is 60.7 Å². The van der Waals surface area contributed by atoms with Crippen molar-refractivity contribution in [3.8, 4) is 11.3 Å². The number of nitrogens with one attached hydrogen (secondary N) is 1. The molecule has 0 bridgehead atoms. The number of aromatic amines is 1. The van der Waals surface area contributed by atoms with E-state index in [2.05, 4.69) is 4.98 Å². The molecule has 1 aliphatic rings. The lowest BCUT2D eigenvalue weighted by Gasteiger charge is -2.04. The molecular formula is C26H21BFNO5. The average molecular weight is 457 g/mol.